The SMILES string of the molecule is CC(C)Cc1ccc(CC(=O)NCC(=O)N2CCCC2)cc1. The van der Waals surface area contributed by atoms with Gasteiger partial charge < -0.3 is 10.2 Å². The summed E-state index contributed by atoms with van der Waals surface area (Å²) < 4.78 is 0. The normalized spacial score (nSPS) is 14.4. The summed E-state index contributed by atoms with van der Waals surface area (Å²) >= 11 is 0. The third kappa shape index (κ3) is 5.17. The molecule has 0 atom stereocenters. The molecule has 22 heavy (non-hydrogen) atoms. The number of benzene rings is 1. The van der Waals surface area contributed by atoms with Gasteiger partial charge in [0, 0.05) is 13.1 Å². The Labute approximate surface area is 132 Å². The zero-order chi connectivity index (χ0) is 15.9. The van der Waals surface area contributed by atoms with Crippen molar-refractivity contribution in [3.05, 3.63) is 35.4 Å². The Kier molecular flexibility index (Phi) is 5.99. The molecule has 0 unspecified atom stereocenters. The zero-order valence-electron chi connectivity index (χ0n) is 13.6. The fourth-order valence-electron chi connectivity index (χ4n) is 2.77. The van der Waals surface area contributed by atoms with Crippen LogP contribution in [0.4, 0.5) is 0 Å². The van der Waals surface area contributed by atoms with E-state index < -0.39 is 0 Å². The van der Waals surface area contributed by atoms with Crippen LogP contribution in [0.5, 0.6) is 0 Å². The molecule has 1 fully saturated rings. The topological polar surface area (TPSA) is 49.4 Å². The maximum absolute atomic E-state index is 11.9. The average molecular weight is 302 g/mol. The van der Waals surface area contributed by atoms with Gasteiger partial charge in [0.05, 0.1) is 13.0 Å². The van der Waals surface area contributed by atoms with Gasteiger partial charge in [0.15, 0.2) is 0 Å². The summed E-state index contributed by atoms with van der Waals surface area (Å²) in [6, 6.07) is 8.16. The van der Waals surface area contributed by atoms with E-state index in [1.54, 1.807) is 0 Å². The molecule has 2 amide bonds. The molecule has 4 nitrogen and oxygen atoms in total. The minimum absolute atomic E-state index is 0.0260. The molecule has 1 aromatic rings. The third-order valence-corrected chi connectivity index (χ3v) is 3.93. The molecule has 120 valence electrons. The number of amides is 2. The van der Waals surface area contributed by atoms with E-state index in [9.17, 15) is 9.59 Å². The second-order valence-corrected chi connectivity index (χ2v) is 6.46. The molecular weight excluding hydrogens is 276 g/mol. The van der Waals surface area contributed by atoms with Gasteiger partial charge in [-0.3, -0.25) is 9.59 Å². The van der Waals surface area contributed by atoms with Crippen LogP contribution in [-0.4, -0.2) is 36.3 Å². The van der Waals surface area contributed by atoms with Crippen molar-refractivity contribution in [2.75, 3.05) is 19.6 Å². The standard InChI is InChI=1S/C18H26N2O2/c1-14(2)11-15-5-7-16(8-6-15)12-17(21)19-13-18(22)20-9-3-4-10-20/h5-8,14H,3-4,9-13H2,1-2H3,(H,19,21). The second kappa shape index (κ2) is 7.97. The molecule has 0 aliphatic carbocycles. The molecule has 1 N–H and O–H groups in total. The van der Waals surface area contributed by atoms with Crippen molar-refractivity contribution in [3.8, 4) is 0 Å². The van der Waals surface area contributed by atoms with Gasteiger partial charge in [-0.05, 0) is 36.3 Å². The number of likely N-dealkylation sites (tertiary alicyclic amines) is 1. The molecule has 0 radical (unpaired) electrons. The summed E-state index contributed by atoms with van der Waals surface area (Å²) in [6.45, 7) is 6.15. The molecule has 0 saturated carbocycles. The second-order valence-electron chi connectivity index (χ2n) is 6.46. The van der Waals surface area contributed by atoms with Crippen LogP contribution in [0, 0.1) is 5.92 Å². The van der Waals surface area contributed by atoms with E-state index in [0.717, 1.165) is 37.9 Å². The monoisotopic (exact) mass is 302 g/mol. The lowest BCUT2D eigenvalue weighted by molar-refractivity contribution is -0.131. The number of carbonyl (C=O) groups is 2. The zero-order valence-corrected chi connectivity index (χ0v) is 13.6. The van der Waals surface area contributed by atoms with E-state index in [2.05, 4.69) is 31.3 Å². The predicted molar refractivity (Wildman–Crippen MR) is 87.5 cm³/mol. The van der Waals surface area contributed by atoms with Gasteiger partial charge in [0.1, 0.15) is 0 Å². The first kappa shape index (κ1) is 16.5. The van der Waals surface area contributed by atoms with Crippen LogP contribution in [0.15, 0.2) is 24.3 Å². The summed E-state index contributed by atoms with van der Waals surface area (Å²) in [7, 11) is 0. The molecule has 0 aromatic heterocycles. The highest BCUT2D eigenvalue weighted by atomic mass is 16.2. The van der Waals surface area contributed by atoms with E-state index in [-0.39, 0.29) is 18.4 Å². The minimum atomic E-state index is -0.0934. The average Bonchev–Trinajstić information content (AvgIpc) is 3.00. The molecule has 1 heterocycles. The number of nitrogens with zero attached hydrogens (tertiary/aromatic N) is 1. The fourth-order valence-corrected chi connectivity index (χ4v) is 2.77. The van der Waals surface area contributed by atoms with Gasteiger partial charge in [-0.15, -0.1) is 0 Å². The van der Waals surface area contributed by atoms with Gasteiger partial charge in [-0.25, -0.2) is 0 Å². The van der Waals surface area contributed by atoms with Crippen LogP contribution in [0.2, 0.25) is 0 Å². The van der Waals surface area contributed by atoms with Crippen molar-refractivity contribution in [2.45, 2.75) is 39.5 Å². The Hall–Kier alpha value is -1.84. The number of carbonyl (C=O) groups excluding carboxylic acids is 2. The van der Waals surface area contributed by atoms with Crippen LogP contribution in [0.25, 0.3) is 0 Å². The number of rotatable bonds is 6. The van der Waals surface area contributed by atoms with Crippen molar-refractivity contribution in [1.29, 1.82) is 0 Å². The van der Waals surface area contributed by atoms with Crippen LogP contribution < -0.4 is 5.32 Å². The Bertz CT molecular complexity index is 502. The van der Waals surface area contributed by atoms with Crippen molar-refractivity contribution in [2.24, 2.45) is 5.92 Å². The predicted octanol–water partition coefficient (Wildman–Crippen LogP) is 2.17. The third-order valence-electron chi connectivity index (χ3n) is 3.93. The molecule has 1 aromatic carbocycles. The summed E-state index contributed by atoms with van der Waals surface area (Å²) in [5.74, 6) is 0.563. The summed E-state index contributed by atoms with van der Waals surface area (Å²) in [5.41, 5.74) is 2.28. The van der Waals surface area contributed by atoms with E-state index in [1.165, 1.54) is 5.56 Å². The highest BCUT2D eigenvalue weighted by Crippen LogP contribution is 2.10. The van der Waals surface area contributed by atoms with Crippen LogP contribution >= 0.6 is 0 Å². The summed E-state index contributed by atoms with van der Waals surface area (Å²) in [5, 5.41) is 2.72. The molecule has 1 aliphatic rings. The van der Waals surface area contributed by atoms with Crippen molar-refractivity contribution < 1.29 is 9.59 Å². The fraction of sp³-hybridized carbons (Fsp3) is 0.556. The van der Waals surface area contributed by atoms with Gasteiger partial charge >= 0.3 is 0 Å². The number of nitrogens with one attached hydrogen (secondary N) is 1. The molecular formula is C18H26N2O2. The van der Waals surface area contributed by atoms with Crippen LogP contribution in [-0.2, 0) is 22.4 Å². The van der Waals surface area contributed by atoms with Crippen LogP contribution in [0.1, 0.15) is 37.8 Å². The Balaban J connectivity index is 1.75. The Morgan fingerprint density at radius 3 is 2.27 bits per heavy atom. The molecule has 2 rings (SSSR count). The van der Waals surface area contributed by atoms with E-state index in [0.29, 0.717) is 12.3 Å². The van der Waals surface area contributed by atoms with Gasteiger partial charge in [0.2, 0.25) is 11.8 Å². The first-order chi connectivity index (χ1) is 10.5. The molecule has 1 aliphatic heterocycles. The van der Waals surface area contributed by atoms with E-state index in [4.69, 9.17) is 0 Å². The van der Waals surface area contributed by atoms with E-state index >= 15 is 0 Å². The smallest absolute Gasteiger partial charge is 0.241 e. The quantitative estimate of drug-likeness (QED) is 0.875. The molecule has 0 spiro atoms. The lowest BCUT2D eigenvalue weighted by Crippen LogP contribution is -2.39. The van der Waals surface area contributed by atoms with E-state index in [1.807, 2.05) is 17.0 Å². The minimum Gasteiger partial charge on any atom is -0.347 e. The Morgan fingerprint density at radius 1 is 1.09 bits per heavy atom. The van der Waals surface area contributed by atoms with Gasteiger partial charge in [-0.2, -0.15) is 0 Å². The lowest BCUT2D eigenvalue weighted by atomic mass is 10.0. The molecule has 1 saturated heterocycles. The van der Waals surface area contributed by atoms with Gasteiger partial charge in [-0.1, -0.05) is 38.1 Å². The largest absolute Gasteiger partial charge is 0.347 e. The van der Waals surface area contributed by atoms with Crippen LogP contribution in [0.3, 0.4) is 0 Å². The van der Waals surface area contributed by atoms with Crippen molar-refractivity contribution in [3.63, 3.8) is 0 Å². The Morgan fingerprint density at radius 2 is 1.68 bits per heavy atom. The maximum atomic E-state index is 11.9. The first-order valence-electron chi connectivity index (χ1n) is 8.17. The summed E-state index contributed by atoms with van der Waals surface area (Å²) in [4.78, 5) is 25.6. The first-order valence-corrected chi connectivity index (χ1v) is 8.17. The number of hydrogen-bond acceptors (Lipinski definition) is 2. The van der Waals surface area contributed by atoms with Gasteiger partial charge in [0.25, 0.3) is 0 Å². The van der Waals surface area contributed by atoms with Crippen molar-refractivity contribution in [1.82, 2.24) is 10.2 Å². The highest BCUT2D eigenvalue weighted by molar-refractivity contribution is 5.85. The highest BCUT2D eigenvalue weighted by Gasteiger charge is 2.18. The van der Waals surface area contributed by atoms with Crippen molar-refractivity contribution >= 4 is 11.8 Å². The lowest BCUT2D eigenvalue weighted by Gasteiger charge is -2.15. The maximum Gasteiger partial charge on any atom is 0.241 e. The summed E-state index contributed by atoms with van der Waals surface area (Å²) in [6.07, 6.45) is 3.52. The number of hydrogen-bond donors (Lipinski definition) is 1. The molecule has 4 heteroatoms. The molecule has 0 bridgehead atoms.